The van der Waals surface area contributed by atoms with Crippen molar-refractivity contribution in [1.82, 2.24) is 0 Å². The van der Waals surface area contributed by atoms with Gasteiger partial charge in [0.15, 0.2) is 0 Å². The van der Waals surface area contributed by atoms with Gasteiger partial charge < -0.3 is 0 Å². The van der Waals surface area contributed by atoms with Crippen molar-refractivity contribution in [2.45, 2.75) is 44.7 Å². The molecule has 0 spiro atoms. The summed E-state index contributed by atoms with van der Waals surface area (Å²) in [4.78, 5) is 0. The van der Waals surface area contributed by atoms with Crippen molar-refractivity contribution in [3.63, 3.8) is 0 Å². The fraction of sp³-hybridized carbons (Fsp3) is 0.241. The number of hydrogen-bond donors (Lipinski definition) is 0. The Morgan fingerprint density at radius 1 is 0.750 bits per heavy atom. The molecule has 0 amide bonds. The fourth-order valence-corrected chi connectivity index (χ4v) is 4.42. The molecule has 0 aliphatic heterocycles. The first-order valence-electron chi connectivity index (χ1n) is 11.2. The van der Waals surface area contributed by atoms with E-state index < -0.39 is 12.0 Å². The van der Waals surface area contributed by atoms with Gasteiger partial charge in [-0.1, -0.05) is 105 Å². The maximum Gasteiger partial charge on any atom is 0.142 e. The first kappa shape index (κ1) is 22.5. The summed E-state index contributed by atoms with van der Waals surface area (Å²) in [7, 11) is 0. The van der Waals surface area contributed by atoms with Gasteiger partial charge in [-0.3, -0.25) is 0 Å². The minimum absolute atomic E-state index is 0.108. The standard InChI is InChI=1S/C29H27ClF2/c1-2-3-4-9-26(29(32)25-15-12-20-7-5-6-8-23(20)18-25)22-13-10-21(11-14-22)24-16-17-27(30)28(31)19-24/h5-8,10-19,26,29H,2-4,9H2,1H3. The van der Waals surface area contributed by atoms with Crippen LogP contribution in [-0.2, 0) is 0 Å². The molecule has 0 aromatic heterocycles. The zero-order valence-electron chi connectivity index (χ0n) is 18.2. The van der Waals surface area contributed by atoms with Crippen LogP contribution in [-0.4, -0.2) is 0 Å². The highest BCUT2D eigenvalue weighted by Crippen LogP contribution is 2.39. The third-order valence-electron chi connectivity index (χ3n) is 6.16. The summed E-state index contributed by atoms with van der Waals surface area (Å²) < 4.78 is 29.8. The Balaban J connectivity index is 1.63. The largest absolute Gasteiger partial charge is 0.242 e. The summed E-state index contributed by atoms with van der Waals surface area (Å²) >= 11 is 5.81. The number of halogens is 3. The molecule has 0 nitrogen and oxygen atoms in total. The lowest BCUT2D eigenvalue weighted by atomic mass is 9.85. The smallest absolute Gasteiger partial charge is 0.142 e. The summed E-state index contributed by atoms with van der Waals surface area (Å²) in [5, 5.41) is 2.28. The molecule has 2 unspecified atom stereocenters. The average Bonchev–Trinajstić information content (AvgIpc) is 2.83. The highest BCUT2D eigenvalue weighted by atomic mass is 35.5. The monoisotopic (exact) mass is 448 g/mol. The van der Waals surface area contributed by atoms with Gasteiger partial charge in [0, 0.05) is 5.92 Å². The molecule has 0 fully saturated rings. The lowest BCUT2D eigenvalue weighted by molar-refractivity contribution is 0.273. The van der Waals surface area contributed by atoms with Gasteiger partial charge in [0.1, 0.15) is 12.0 Å². The molecular weight excluding hydrogens is 422 g/mol. The number of hydrogen-bond acceptors (Lipinski definition) is 0. The first-order valence-corrected chi connectivity index (χ1v) is 11.6. The summed E-state index contributed by atoms with van der Waals surface area (Å²) in [6, 6.07) is 26.6. The highest BCUT2D eigenvalue weighted by Gasteiger charge is 2.24. The number of benzene rings is 4. The Morgan fingerprint density at radius 2 is 1.44 bits per heavy atom. The van der Waals surface area contributed by atoms with Gasteiger partial charge in [-0.25, -0.2) is 8.78 Å². The Bertz CT molecular complexity index is 1180. The number of unbranched alkanes of at least 4 members (excludes halogenated alkanes) is 2. The van der Waals surface area contributed by atoms with Crippen LogP contribution in [0.15, 0.2) is 84.9 Å². The van der Waals surface area contributed by atoms with Crippen LogP contribution in [0.4, 0.5) is 8.78 Å². The van der Waals surface area contributed by atoms with Crippen molar-refractivity contribution >= 4 is 22.4 Å². The van der Waals surface area contributed by atoms with Gasteiger partial charge in [0.2, 0.25) is 0 Å². The zero-order valence-corrected chi connectivity index (χ0v) is 19.0. The Hall–Kier alpha value is -2.71. The van der Waals surface area contributed by atoms with E-state index in [1.807, 2.05) is 66.7 Å². The summed E-state index contributed by atoms with van der Waals surface area (Å²) in [5.74, 6) is -0.662. The fourth-order valence-electron chi connectivity index (χ4n) is 4.31. The molecule has 4 rings (SSSR count). The van der Waals surface area contributed by atoms with Crippen molar-refractivity contribution in [3.05, 3.63) is 107 Å². The van der Waals surface area contributed by atoms with E-state index in [9.17, 15) is 4.39 Å². The molecule has 3 heteroatoms. The van der Waals surface area contributed by atoms with Crippen LogP contribution >= 0.6 is 11.6 Å². The van der Waals surface area contributed by atoms with E-state index >= 15 is 4.39 Å². The number of alkyl halides is 1. The molecular formula is C29H27ClF2. The molecule has 0 saturated carbocycles. The van der Waals surface area contributed by atoms with Crippen molar-refractivity contribution in [2.75, 3.05) is 0 Å². The number of rotatable bonds is 8. The van der Waals surface area contributed by atoms with E-state index in [0.29, 0.717) is 5.56 Å². The second kappa shape index (κ2) is 10.3. The third kappa shape index (κ3) is 5.02. The molecule has 0 radical (unpaired) electrons. The maximum atomic E-state index is 15.9. The van der Waals surface area contributed by atoms with Crippen LogP contribution in [0.2, 0.25) is 5.02 Å². The molecule has 2 atom stereocenters. The summed E-state index contributed by atoms with van der Waals surface area (Å²) in [5.41, 5.74) is 3.33. The highest BCUT2D eigenvalue weighted by molar-refractivity contribution is 6.30. The van der Waals surface area contributed by atoms with Crippen LogP contribution in [0.25, 0.3) is 21.9 Å². The molecule has 164 valence electrons. The molecule has 0 aliphatic rings. The lowest BCUT2D eigenvalue weighted by Crippen LogP contribution is -2.08. The van der Waals surface area contributed by atoms with Gasteiger partial charge in [0.25, 0.3) is 0 Å². The maximum absolute atomic E-state index is 15.9. The van der Waals surface area contributed by atoms with Crippen LogP contribution < -0.4 is 0 Å². The molecule has 0 N–H and O–H groups in total. The minimum atomic E-state index is -1.09. The topological polar surface area (TPSA) is 0 Å². The Morgan fingerprint density at radius 3 is 2.16 bits per heavy atom. The quantitative estimate of drug-likeness (QED) is 0.235. The SMILES string of the molecule is CCCCCC(c1ccc(-c2ccc(Cl)c(F)c2)cc1)C(F)c1ccc2ccccc2c1. The molecule has 0 saturated heterocycles. The van der Waals surface area contributed by atoms with Crippen molar-refractivity contribution in [1.29, 1.82) is 0 Å². The predicted molar refractivity (Wildman–Crippen MR) is 132 cm³/mol. The van der Waals surface area contributed by atoms with Gasteiger partial charge in [0.05, 0.1) is 5.02 Å². The van der Waals surface area contributed by atoms with Crippen LogP contribution in [0.1, 0.15) is 55.8 Å². The van der Waals surface area contributed by atoms with Crippen LogP contribution in [0.3, 0.4) is 0 Å². The van der Waals surface area contributed by atoms with Crippen molar-refractivity contribution in [3.8, 4) is 11.1 Å². The van der Waals surface area contributed by atoms with E-state index in [1.54, 1.807) is 12.1 Å². The molecule has 4 aromatic rings. The second-order valence-electron chi connectivity index (χ2n) is 8.36. The Kier molecular flexibility index (Phi) is 7.22. The van der Waals surface area contributed by atoms with E-state index in [4.69, 9.17) is 11.6 Å². The third-order valence-corrected chi connectivity index (χ3v) is 6.46. The predicted octanol–water partition coefficient (Wildman–Crippen LogP) is 9.67. The molecule has 0 aliphatic carbocycles. The van der Waals surface area contributed by atoms with Crippen molar-refractivity contribution < 1.29 is 8.78 Å². The van der Waals surface area contributed by atoms with Gasteiger partial charge in [-0.15, -0.1) is 0 Å². The summed E-state index contributed by atoms with van der Waals surface area (Å²) in [6.07, 6.45) is 2.87. The normalized spacial score (nSPS) is 13.2. The molecule has 0 bridgehead atoms. The second-order valence-corrected chi connectivity index (χ2v) is 8.77. The van der Waals surface area contributed by atoms with Gasteiger partial charge in [-0.05, 0) is 57.6 Å². The van der Waals surface area contributed by atoms with E-state index in [-0.39, 0.29) is 10.9 Å². The Labute approximate surface area is 193 Å². The van der Waals surface area contributed by atoms with Gasteiger partial charge in [-0.2, -0.15) is 0 Å². The molecule has 4 aromatic carbocycles. The molecule has 0 heterocycles. The van der Waals surface area contributed by atoms with Gasteiger partial charge >= 0.3 is 0 Å². The summed E-state index contributed by atoms with van der Waals surface area (Å²) in [6.45, 7) is 2.16. The average molecular weight is 449 g/mol. The first-order chi connectivity index (χ1) is 15.6. The lowest BCUT2D eigenvalue weighted by Gasteiger charge is -2.23. The molecule has 32 heavy (non-hydrogen) atoms. The van der Waals surface area contributed by atoms with E-state index in [2.05, 4.69) is 6.92 Å². The zero-order chi connectivity index (χ0) is 22.5. The minimum Gasteiger partial charge on any atom is -0.242 e. The van der Waals surface area contributed by atoms with E-state index in [1.165, 1.54) is 6.07 Å². The van der Waals surface area contributed by atoms with Crippen LogP contribution in [0.5, 0.6) is 0 Å². The van der Waals surface area contributed by atoms with Crippen molar-refractivity contribution in [2.24, 2.45) is 0 Å². The number of fused-ring (bicyclic) bond motifs is 1. The van der Waals surface area contributed by atoms with Crippen LogP contribution in [0, 0.1) is 5.82 Å². The van der Waals surface area contributed by atoms with E-state index in [0.717, 1.165) is 53.1 Å².